The van der Waals surface area contributed by atoms with Gasteiger partial charge in [-0.3, -0.25) is 0 Å². The fraction of sp³-hybridized carbons (Fsp3) is 0.333. The van der Waals surface area contributed by atoms with Crippen LogP contribution in [0.25, 0.3) is 0 Å². The summed E-state index contributed by atoms with van der Waals surface area (Å²) >= 11 is 3.52. The lowest BCUT2D eigenvalue weighted by atomic mass is 10.1. The van der Waals surface area contributed by atoms with Crippen molar-refractivity contribution in [2.24, 2.45) is 0 Å². The first-order valence-electron chi connectivity index (χ1n) is 7.40. The molecule has 3 heteroatoms. The summed E-state index contributed by atoms with van der Waals surface area (Å²) in [6.07, 6.45) is 0.919. The summed E-state index contributed by atoms with van der Waals surface area (Å²) in [6, 6.07) is 16.9. The second-order valence-electron chi connectivity index (χ2n) is 5.05. The molecule has 2 aromatic rings. The molecular formula is C18H22BrNO. The van der Waals surface area contributed by atoms with Crippen molar-refractivity contribution in [2.45, 2.75) is 26.3 Å². The molecule has 21 heavy (non-hydrogen) atoms. The minimum Gasteiger partial charge on any atom is -0.493 e. The van der Waals surface area contributed by atoms with Crippen LogP contribution in [0.1, 0.15) is 31.0 Å². The number of nitrogens with one attached hydrogen (secondary N) is 1. The van der Waals surface area contributed by atoms with Gasteiger partial charge in [0.15, 0.2) is 0 Å². The van der Waals surface area contributed by atoms with Crippen LogP contribution in [-0.2, 0) is 6.42 Å². The Kier molecular flexibility index (Phi) is 6.27. The van der Waals surface area contributed by atoms with Gasteiger partial charge in [0.1, 0.15) is 5.75 Å². The van der Waals surface area contributed by atoms with Gasteiger partial charge >= 0.3 is 0 Å². The maximum absolute atomic E-state index is 6.02. The van der Waals surface area contributed by atoms with Gasteiger partial charge in [-0.25, -0.2) is 0 Å². The van der Waals surface area contributed by atoms with Crippen molar-refractivity contribution in [3.8, 4) is 5.75 Å². The van der Waals surface area contributed by atoms with E-state index in [1.165, 1.54) is 11.1 Å². The number of ether oxygens (including phenoxy) is 1. The first kappa shape index (κ1) is 16.1. The molecule has 0 aliphatic heterocycles. The first-order valence-corrected chi connectivity index (χ1v) is 8.19. The van der Waals surface area contributed by atoms with E-state index in [9.17, 15) is 0 Å². The topological polar surface area (TPSA) is 21.3 Å². The van der Waals surface area contributed by atoms with Crippen molar-refractivity contribution in [3.05, 3.63) is 64.1 Å². The first-order chi connectivity index (χ1) is 10.2. The fourth-order valence-corrected chi connectivity index (χ4v) is 2.67. The molecular weight excluding hydrogens is 326 g/mol. The lowest BCUT2D eigenvalue weighted by Crippen LogP contribution is -2.18. The quantitative estimate of drug-likeness (QED) is 0.780. The zero-order chi connectivity index (χ0) is 15.1. The van der Waals surface area contributed by atoms with Gasteiger partial charge in [-0.05, 0) is 31.2 Å². The summed E-state index contributed by atoms with van der Waals surface area (Å²) in [4.78, 5) is 0. The third kappa shape index (κ3) is 4.87. The highest BCUT2D eigenvalue weighted by molar-refractivity contribution is 9.10. The van der Waals surface area contributed by atoms with Crippen molar-refractivity contribution in [1.82, 2.24) is 5.32 Å². The summed E-state index contributed by atoms with van der Waals surface area (Å²) in [7, 11) is 0. The van der Waals surface area contributed by atoms with Gasteiger partial charge in [0, 0.05) is 22.5 Å². The molecule has 0 saturated carbocycles. The van der Waals surface area contributed by atoms with Crippen LogP contribution in [0.2, 0.25) is 0 Å². The molecule has 2 nitrogen and oxygen atoms in total. The van der Waals surface area contributed by atoms with Crippen LogP contribution in [0.3, 0.4) is 0 Å². The number of halogens is 1. The standard InChI is InChI=1S/C18H22BrNO/c1-3-20-14(2)17-10-9-16(19)13-18(17)21-12-11-15-7-5-4-6-8-15/h4-10,13-14,20H,3,11-12H2,1-2H3. The zero-order valence-corrected chi connectivity index (χ0v) is 14.2. The molecule has 0 fully saturated rings. The molecule has 0 saturated heterocycles. The monoisotopic (exact) mass is 347 g/mol. The molecule has 0 aliphatic carbocycles. The van der Waals surface area contributed by atoms with E-state index < -0.39 is 0 Å². The Labute approximate surface area is 135 Å². The number of benzene rings is 2. The van der Waals surface area contributed by atoms with Crippen LogP contribution in [0, 0.1) is 0 Å². The van der Waals surface area contributed by atoms with Crippen LogP contribution in [-0.4, -0.2) is 13.2 Å². The van der Waals surface area contributed by atoms with Gasteiger partial charge in [0.2, 0.25) is 0 Å². The van der Waals surface area contributed by atoms with Crippen LogP contribution < -0.4 is 10.1 Å². The molecule has 1 unspecified atom stereocenters. The average molecular weight is 348 g/mol. The molecule has 0 radical (unpaired) electrons. The Balaban J connectivity index is 2.02. The average Bonchev–Trinajstić information content (AvgIpc) is 2.49. The predicted octanol–water partition coefficient (Wildman–Crippen LogP) is 4.74. The van der Waals surface area contributed by atoms with Gasteiger partial charge in [-0.15, -0.1) is 0 Å². The van der Waals surface area contributed by atoms with Crippen molar-refractivity contribution >= 4 is 15.9 Å². The summed E-state index contributed by atoms with van der Waals surface area (Å²) in [5.74, 6) is 0.953. The highest BCUT2D eigenvalue weighted by Gasteiger charge is 2.11. The maximum atomic E-state index is 6.02. The minimum absolute atomic E-state index is 0.287. The molecule has 112 valence electrons. The van der Waals surface area contributed by atoms with E-state index in [0.29, 0.717) is 6.61 Å². The van der Waals surface area contributed by atoms with E-state index in [1.807, 2.05) is 12.1 Å². The second kappa shape index (κ2) is 8.20. The smallest absolute Gasteiger partial charge is 0.125 e. The van der Waals surface area contributed by atoms with E-state index in [0.717, 1.165) is 23.2 Å². The highest BCUT2D eigenvalue weighted by atomic mass is 79.9. The molecule has 0 heterocycles. The molecule has 0 spiro atoms. The van der Waals surface area contributed by atoms with Gasteiger partial charge < -0.3 is 10.1 Å². The van der Waals surface area contributed by atoms with E-state index in [2.05, 4.69) is 71.5 Å². The molecule has 1 N–H and O–H groups in total. The lowest BCUT2D eigenvalue weighted by Gasteiger charge is -2.18. The van der Waals surface area contributed by atoms with Gasteiger partial charge in [0.25, 0.3) is 0 Å². The van der Waals surface area contributed by atoms with Crippen LogP contribution in [0.5, 0.6) is 5.75 Å². The third-order valence-corrected chi connectivity index (χ3v) is 3.94. The molecule has 2 rings (SSSR count). The van der Waals surface area contributed by atoms with Gasteiger partial charge in [-0.2, -0.15) is 0 Å². The molecule has 1 atom stereocenters. The maximum Gasteiger partial charge on any atom is 0.125 e. The summed E-state index contributed by atoms with van der Waals surface area (Å²) in [5.41, 5.74) is 2.50. The van der Waals surface area contributed by atoms with Crippen LogP contribution >= 0.6 is 15.9 Å². The van der Waals surface area contributed by atoms with Crippen molar-refractivity contribution in [2.75, 3.05) is 13.2 Å². The normalized spacial score (nSPS) is 12.1. The van der Waals surface area contributed by atoms with Crippen molar-refractivity contribution in [1.29, 1.82) is 0 Å². The number of hydrogen-bond donors (Lipinski definition) is 1. The van der Waals surface area contributed by atoms with Crippen LogP contribution in [0.4, 0.5) is 0 Å². The number of hydrogen-bond acceptors (Lipinski definition) is 2. The van der Waals surface area contributed by atoms with E-state index in [-0.39, 0.29) is 6.04 Å². The Bertz CT molecular complexity index is 556. The van der Waals surface area contributed by atoms with E-state index >= 15 is 0 Å². The van der Waals surface area contributed by atoms with Crippen molar-refractivity contribution < 1.29 is 4.74 Å². The Hall–Kier alpha value is -1.32. The van der Waals surface area contributed by atoms with Crippen LogP contribution in [0.15, 0.2) is 53.0 Å². The van der Waals surface area contributed by atoms with Crippen molar-refractivity contribution in [3.63, 3.8) is 0 Å². The molecule has 2 aromatic carbocycles. The van der Waals surface area contributed by atoms with Gasteiger partial charge in [0.05, 0.1) is 6.61 Å². The Morgan fingerprint density at radius 3 is 2.62 bits per heavy atom. The summed E-state index contributed by atoms with van der Waals surface area (Å²) < 4.78 is 7.07. The van der Waals surface area contributed by atoms with Gasteiger partial charge in [-0.1, -0.05) is 59.3 Å². The Morgan fingerprint density at radius 2 is 1.90 bits per heavy atom. The van der Waals surface area contributed by atoms with E-state index in [1.54, 1.807) is 0 Å². The van der Waals surface area contributed by atoms with E-state index in [4.69, 9.17) is 4.74 Å². The Morgan fingerprint density at radius 1 is 1.14 bits per heavy atom. The highest BCUT2D eigenvalue weighted by Crippen LogP contribution is 2.28. The molecule has 0 aliphatic rings. The summed E-state index contributed by atoms with van der Waals surface area (Å²) in [6.45, 7) is 5.91. The fourth-order valence-electron chi connectivity index (χ4n) is 2.33. The minimum atomic E-state index is 0.287. The lowest BCUT2D eigenvalue weighted by molar-refractivity contribution is 0.315. The number of rotatable bonds is 7. The third-order valence-electron chi connectivity index (χ3n) is 3.44. The molecule has 0 amide bonds. The SMILES string of the molecule is CCNC(C)c1ccc(Br)cc1OCCc1ccccc1. The predicted molar refractivity (Wildman–Crippen MR) is 91.9 cm³/mol. The molecule has 0 bridgehead atoms. The summed E-state index contributed by atoms with van der Waals surface area (Å²) in [5, 5.41) is 3.43. The zero-order valence-electron chi connectivity index (χ0n) is 12.6. The second-order valence-corrected chi connectivity index (χ2v) is 5.96. The largest absolute Gasteiger partial charge is 0.493 e. The molecule has 0 aromatic heterocycles.